The summed E-state index contributed by atoms with van der Waals surface area (Å²) in [6.07, 6.45) is 2.71. The van der Waals surface area contributed by atoms with Crippen molar-refractivity contribution in [2.24, 2.45) is 0 Å². The largest absolute Gasteiger partial charge is 0.760 e. The number of urea groups is 1. The lowest BCUT2D eigenvalue weighted by molar-refractivity contribution is 0.210. The lowest BCUT2D eigenvalue weighted by Gasteiger charge is -2.26. The lowest BCUT2D eigenvalue weighted by atomic mass is 9.88. The molecule has 0 saturated heterocycles. The Morgan fingerprint density at radius 2 is 1.58 bits per heavy atom. The molecule has 0 aliphatic heterocycles. The maximum atomic E-state index is 13.7. The minimum atomic E-state index is -2.35. The number of halogens is 2. The third-order valence-corrected chi connectivity index (χ3v) is 8.27. The first-order chi connectivity index (χ1) is 21.8. The number of carbonyl (C=O) groups is 1. The molecular weight excluding hydrogens is 619 g/mol. The van der Waals surface area contributed by atoms with Gasteiger partial charge in [0.1, 0.15) is 16.6 Å². The number of nitrogens with one attached hydrogen (secondary N) is 2. The predicted molar refractivity (Wildman–Crippen MR) is 169 cm³/mol. The van der Waals surface area contributed by atoms with Crippen LogP contribution in [0.3, 0.4) is 0 Å². The highest BCUT2D eigenvalue weighted by molar-refractivity contribution is 7.77. The second kappa shape index (κ2) is 15.5. The van der Waals surface area contributed by atoms with Gasteiger partial charge in [-0.2, -0.15) is 9.36 Å². The molecule has 1 unspecified atom stereocenters. The molecule has 1 atom stereocenters. The number of nitrogens with zero attached hydrogens (tertiary/aromatic N) is 4. The molecule has 2 N–H and O–H groups in total. The van der Waals surface area contributed by atoms with E-state index in [1.54, 1.807) is 59.6 Å². The molecule has 2 heterocycles. The van der Waals surface area contributed by atoms with Crippen LogP contribution in [0.4, 0.5) is 19.5 Å². The zero-order valence-electron chi connectivity index (χ0n) is 23.9. The monoisotopic (exact) mass is 647 g/mol. The highest BCUT2D eigenvalue weighted by atomic mass is 32.2. The van der Waals surface area contributed by atoms with Crippen LogP contribution in [0.5, 0.6) is 0 Å². The second-order valence-corrected chi connectivity index (χ2v) is 11.6. The van der Waals surface area contributed by atoms with Crippen LogP contribution in [0.15, 0.2) is 97.2 Å². The molecule has 5 aromatic rings. The minimum absolute atomic E-state index is 0.156. The Labute approximate surface area is 266 Å². The summed E-state index contributed by atoms with van der Waals surface area (Å²) in [5.41, 5.74) is 4.08. The van der Waals surface area contributed by atoms with Gasteiger partial charge >= 0.3 is 6.03 Å². The molecule has 0 saturated carbocycles. The predicted octanol–water partition coefficient (Wildman–Crippen LogP) is 6.06. The fourth-order valence-electron chi connectivity index (χ4n) is 4.78. The molecule has 0 spiro atoms. The summed E-state index contributed by atoms with van der Waals surface area (Å²) in [5.74, 6) is -0.767. The molecular formula is C32H29F2N6O3S2-. The van der Waals surface area contributed by atoms with Crippen molar-refractivity contribution >= 4 is 34.8 Å². The van der Waals surface area contributed by atoms with E-state index in [0.29, 0.717) is 30.9 Å². The van der Waals surface area contributed by atoms with Crippen LogP contribution in [0.1, 0.15) is 34.7 Å². The fourth-order valence-corrected chi connectivity index (χ4v) is 5.70. The van der Waals surface area contributed by atoms with Gasteiger partial charge in [0.15, 0.2) is 0 Å². The van der Waals surface area contributed by atoms with E-state index in [2.05, 4.69) is 24.4 Å². The molecule has 3 aromatic carbocycles. The Kier molecular flexibility index (Phi) is 11.0. The average molecular weight is 648 g/mol. The quantitative estimate of drug-likeness (QED) is 0.150. The van der Waals surface area contributed by atoms with Crippen LogP contribution in [0, 0.1) is 11.6 Å². The van der Waals surface area contributed by atoms with Gasteiger partial charge in [-0.3, -0.25) is 14.5 Å². The summed E-state index contributed by atoms with van der Waals surface area (Å²) in [7, 11) is 0. The minimum Gasteiger partial charge on any atom is -0.760 e. The SMILES string of the molecule is O=C(Nc1nsc(-c2ccc(CNS(=O)[O-])cc2)n1)N(CCc1ccccn1)CCC(c1ccc(F)cc1)c1ccc(F)cc1. The van der Waals surface area contributed by atoms with Crippen molar-refractivity contribution < 1.29 is 22.3 Å². The van der Waals surface area contributed by atoms with Gasteiger partial charge in [0.2, 0.25) is 5.95 Å². The van der Waals surface area contributed by atoms with E-state index in [0.717, 1.165) is 39.5 Å². The van der Waals surface area contributed by atoms with Crippen LogP contribution >= 0.6 is 11.5 Å². The van der Waals surface area contributed by atoms with E-state index < -0.39 is 11.3 Å². The molecule has 45 heavy (non-hydrogen) atoms. The number of carbonyl (C=O) groups excluding carboxylic acids is 1. The molecule has 0 radical (unpaired) electrons. The number of benzene rings is 3. The normalized spacial score (nSPS) is 11.8. The maximum absolute atomic E-state index is 13.7. The molecule has 9 nitrogen and oxygen atoms in total. The molecule has 5 rings (SSSR count). The number of rotatable bonds is 13. The summed E-state index contributed by atoms with van der Waals surface area (Å²) in [5, 5.41) is 3.40. The molecule has 0 bridgehead atoms. The summed E-state index contributed by atoms with van der Waals surface area (Å²) in [6, 6.07) is 24.8. The van der Waals surface area contributed by atoms with E-state index in [-0.39, 0.29) is 36.1 Å². The second-order valence-electron chi connectivity index (χ2n) is 10.1. The first kappa shape index (κ1) is 32.0. The fraction of sp³-hybridized carbons (Fsp3) is 0.188. The Morgan fingerprint density at radius 1 is 0.911 bits per heavy atom. The van der Waals surface area contributed by atoms with Gasteiger partial charge in [0, 0.05) is 60.7 Å². The van der Waals surface area contributed by atoms with Gasteiger partial charge in [0.25, 0.3) is 0 Å². The van der Waals surface area contributed by atoms with E-state index in [4.69, 9.17) is 0 Å². The Balaban J connectivity index is 1.31. The number of pyridine rings is 1. The van der Waals surface area contributed by atoms with Crippen molar-refractivity contribution in [2.45, 2.75) is 25.3 Å². The van der Waals surface area contributed by atoms with Crippen LogP contribution < -0.4 is 10.0 Å². The number of aromatic nitrogens is 3. The molecule has 0 aliphatic rings. The van der Waals surface area contributed by atoms with Crippen molar-refractivity contribution in [3.8, 4) is 10.6 Å². The summed E-state index contributed by atoms with van der Waals surface area (Å²) >= 11 is -1.22. The maximum Gasteiger partial charge on any atom is 0.324 e. The molecule has 0 fully saturated rings. The zero-order valence-corrected chi connectivity index (χ0v) is 25.6. The summed E-state index contributed by atoms with van der Waals surface area (Å²) in [4.78, 5) is 24.1. The van der Waals surface area contributed by atoms with Crippen LogP contribution in [-0.2, 0) is 24.2 Å². The smallest absolute Gasteiger partial charge is 0.324 e. The van der Waals surface area contributed by atoms with E-state index in [1.807, 2.05) is 18.2 Å². The molecule has 2 amide bonds. The average Bonchev–Trinajstić information content (AvgIpc) is 3.52. The van der Waals surface area contributed by atoms with Gasteiger partial charge in [-0.05, 0) is 71.0 Å². The lowest BCUT2D eigenvalue weighted by Crippen LogP contribution is -2.38. The third-order valence-electron chi connectivity index (χ3n) is 7.12. The topological polar surface area (TPSA) is 123 Å². The van der Waals surface area contributed by atoms with Crippen molar-refractivity contribution in [1.29, 1.82) is 0 Å². The van der Waals surface area contributed by atoms with Crippen molar-refractivity contribution in [1.82, 2.24) is 24.0 Å². The number of amides is 2. The first-order valence-corrected chi connectivity index (χ1v) is 15.9. The van der Waals surface area contributed by atoms with E-state index in [1.165, 1.54) is 24.3 Å². The highest BCUT2D eigenvalue weighted by Crippen LogP contribution is 2.29. The molecule has 0 aliphatic carbocycles. The van der Waals surface area contributed by atoms with Crippen LogP contribution in [-0.4, -0.2) is 47.1 Å². The van der Waals surface area contributed by atoms with Crippen molar-refractivity contribution in [2.75, 3.05) is 18.4 Å². The highest BCUT2D eigenvalue weighted by Gasteiger charge is 2.21. The standard InChI is InChI=1S/C32H30F2N6O3S2/c33-26-12-8-23(9-13-26)29(24-10-14-27(34)15-11-24)17-20-40(19-16-28-3-1-2-18-35-28)32(41)38-31-37-30(44-39-31)25-6-4-22(5-7-25)21-36-45(42)43/h1-15,18,29,36H,16-17,19-21H2,(H,42,43)(H,38,39,41)/p-1. The van der Waals surface area contributed by atoms with Gasteiger partial charge in [-0.1, -0.05) is 54.6 Å². The molecule has 13 heteroatoms. The third kappa shape index (κ3) is 9.28. The zero-order chi connectivity index (χ0) is 31.6. The Morgan fingerprint density at radius 3 is 2.18 bits per heavy atom. The Bertz CT molecular complexity index is 1660. The van der Waals surface area contributed by atoms with Gasteiger partial charge in [-0.25, -0.2) is 18.3 Å². The van der Waals surface area contributed by atoms with E-state index >= 15 is 0 Å². The van der Waals surface area contributed by atoms with E-state index in [9.17, 15) is 22.3 Å². The van der Waals surface area contributed by atoms with Gasteiger partial charge in [-0.15, -0.1) is 0 Å². The van der Waals surface area contributed by atoms with Crippen molar-refractivity contribution in [3.05, 3.63) is 131 Å². The number of anilines is 1. The van der Waals surface area contributed by atoms with Crippen molar-refractivity contribution in [3.63, 3.8) is 0 Å². The van der Waals surface area contributed by atoms with Crippen LogP contribution in [0.25, 0.3) is 10.6 Å². The number of hydrogen-bond acceptors (Lipinski definition) is 7. The van der Waals surface area contributed by atoms with Gasteiger partial charge < -0.3 is 9.45 Å². The Hall–Kier alpha value is -4.43. The number of hydrogen-bond donors (Lipinski definition) is 2. The summed E-state index contributed by atoms with van der Waals surface area (Å²) < 4.78 is 55.6. The first-order valence-electron chi connectivity index (χ1n) is 14.1. The summed E-state index contributed by atoms with van der Waals surface area (Å²) in [6.45, 7) is 0.868. The molecule has 232 valence electrons. The molecule has 2 aromatic heterocycles. The van der Waals surface area contributed by atoms with Crippen LogP contribution in [0.2, 0.25) is 0 Å². The van der Waals surface area contributed by atoms with Gasteiger partial charge in [0.05, 0.1) is 0 Å².